The Morgan fingerprint density at radius 1 is 0.235 bits per heavy atom. The van der Waals surface area contributed by atoms with Crippen LogP contribution in [0.5, 0.6) is 0 Å². The Hall–Kier alpha value is -12.8. The zero-order chi connectivity index (χ0) is 64.6. The van der Waals surface area contributed by atoms with Crippen LogP contribution in [0, 0.1) is 0 Å². The van der Waals surface area contributed by atoms with Crippen molar-refractivity contribution in [2.45, 2.75) is 0 Å². The van der Waals surface area contributed by atoms with Crippen molar-refractivity contribution in [1.82, 2.24) is 4.98 Å². The summed E-state index contributed by atoms with van der Waals surface area (Å²) >= 11 is 0. The first-order valence-electron chi connectivity index (χ1n) is 33.7. The van der Waals surface area contributed by atoms with Gasteiger partial charge in [0.2, 0.25) is 0 Å². The molecule has 5 heterocycles. The zero-order valence-electron chi connectivity index (χ0n) is 53.5. The van der Waals surface area contributed by atoms with E-state index >= 15 is 0 Å². The summed E-state index contributed by atoms with van der Waals surface area (Å²) in [5.41, 5.74) is 28.6. The van der Waals surface area contributed by atoms with Crippen LogP contribution < -0.4 is 62.2 Å². The Balaban J connectivity index is 0.980. The van der Waals surface area contributed by atoms with Gasteiger partial charge in [-0.3, -0.25) is 9.80 Å². The number of para-hydroxylation sites is 10. The maximum Gasteiger partial charge on any atom is 0.254 e. The molecule has 1 aromatic heterocycles. The third-order valence-corrected chi connectivity index (χ3v) is 19.9. The van der Waals surface area contributed by atoms with Crippen LogP contribution in [0.2, 0.25) is 0 Å². The number of pyridine rings is 1. The van der Waals surface area contributed by atoms with Gasteiger partial charge in [0, 0.05) is 96.8 Å². The largest absolute Gasteiger partial charge is 0.311 e. The Morgan fingerprint density at radius 3 is 1.06 bits per heavy atom. The zero-order valence-corrected chi connectivity index (χ0v) is 53.5. The number of aromatic nitrogens is 1. The molecule has 0 aliphatic carbocycles. The molecule has 14 aromatic carbocycles. The predicted octanol–water partition coefficient (Wildman–Crippen LogP) is 19.5. The maximum absolute atomic E-state index is 6.14. The fraction of sp³-hybridized carbons (Fsp3) is 0. The van der Waals surface area contributed by atoms with Gasteiger partial charge in [-0.2, -0.15) is 0 Å². The van der Waals surface area contributed by atoms with Crippen LogP contribution in [0.3, 0.4) is 0 Å². The van der Waals surface area contributed by atoms with Gasteiger partial charge in [0.1, 0.15) is 11.6 Å². The Morgan fingerprint density at radius 2 is 0.592 bits per heavy atom. The minimum atomic E-state index is -0.293. The second kappa shape index (κ2) is 23.6. The van der Waals surface area contributed by atoms with Crippen LogP contribution >= 0.6 is 0 Å². The van der Waals surface area contributed by atoms with Gasteiger partial charge in [0.25, 0.3) is 13.4 Å². The van der Waals surface area contributed by atoms with E-state index in [0.29, 0.717) is 0 Å². The molecule has 0 unspecified atom stereocenters. The summed E-state index contributed by atoms with van der Waals surface area (Å²) in [5.74, 6) is 1.65. The fourth-order valence-electron chi connectivity index (χ4n) is 15.9. The first-order valence-corrected chi connectivity index (χ1v) is 33.7. The molecule has 7 nitrogen and oxygen atoms in total. The van der Waals surface area contributed by atoms with Crippen molar-refractivity contribution in [3.63, 3.8) is 0 Å². The molecule has 0 bridgehead atoms. The van der Waals surface area contributed by atoms with E-state index < -0.39 is 0 Å². The van der Waals surface area contributed by atoms with Crippen LogP contribution in [0.1, 0.15) is 0 Å². The number of hydrogen-bond acceptors (Lipinski definition) is 7. The second-order valence-electron chi connectivity index (χ2n) is 25.4. The lowest BCUT2D eigenvalue weighted by Gasteiger charge is -2.48. The van der Waals surface area contributed by atoms with E-state index in [4.69, 9.17) is 4.98 Å². The molecule has 0 fully saturated rings. The third-order valence-electron chi connectivity index (χ3n) is 19.9. The Labute approximate surface area is 572 Å². The Bertz CT molecular complexity index is 5350. The monoisotopic (exact) mass is 1250 g/mol. The molecule has 0 atom stereocenters. The molecule has 0 amide bonds. The van der Waals surface area contributed by atoms with Gasteiger partial charge in [-0.25, -0.2) is 4.98 Å². The SMILES string of the molecule is c1ccc(-c2cccc(-c3ccccc3)c2N2c3cc4c(cc3B3c5ccccc5N(c5ccccc5)c5nc(N(c6ccccc6)c6ccccc6)cc2c53)B2c3ccccc3N(c3ccccc3)c3cc(N(c5ccccc5)c5ccccc5)cc(c32)N4c2ccccc2)cc1. The summed E-state index contributed by atoms with van der Waals surface area (Å²) in [4.78, 5) is 21.0. The summed E-state index contributed by atoms with van der Waals surface area (Å²) in [7, 11) is 0. The van der Waals surface area contributed by atoms with Gasteiger partial charge in [0.05, 0.1) is 11.4 Å². The predicted molar refractivity (Wildman–Crippen MR) is 413 cm³/mol. The second-order valence-corrected chi connectivity index (χ2v) is 25.4. The van der Waals surface area contributed by atoms with Crippen molar-refractivity contribution in [2.75, 3.05) is 29.4 Å². The minimum absolute atomic E-state index is 0.219. The number of rotatable bonds is 12. The molecule has 98 heavy (non-hydrogen) atoms. The first kappa shape index (κ1) is 56.7. The van der Waals surface area contributed by atoms with Crippen LogP contribution in [0.25, 0.3) is 22.3 Å². The van der Waals surface area contributed by atoms with Gasteiger partial charge in [-0.15, -0.1) is 0 Å². The highest BCUT2D eigenvalue weighted by Gasteiger charge is 2.50. The highest BCUT2D eigenvalue weighted by molar-refractivity contribution is 7.03. The molecule has 0 saturated heterocycles. The van der Waals surface area contributed by atoms with E-state index in [-0.39, 0.29) is 13.4 Å². The average molecular weight is 1250 g/mol. The minimum Gasteiger partial charge on any atom is -0.311 e. The quantitative estimate of drug-likeness (QED) is 0.113. The van der Waals surface area contributed by atoms with Crippen LogP contribution in [-0.2, 0) is 0 Å². The van der Waals surface area contributed by atoms with Gasteiger partial charge >= 0.3 is 0 Å². The summed E-state index contributed by atoms with van der Waals surface area (Å²) in [6.07, 6.45) is 0. The molecule has 0 radical (unpaired) electrons. The molecule has 4 aliphatic rings. The molecule has 19 rings (SSSR count). The maximum atomic E-state index is 6.14. The van der Waals surface area contributed by atoms with E-state index in [0.717, 1.165) is 130 Å². The van der Waals surface area contributed by atoms with Crippen molar-refractivity contribution >= 4 is 149 Å². The standard InChI is InChI=1S/C89H61B2N7/c1-10-33-62(34-11-1)72-51-32-52-73(63-35-12-2-13-36-63)88(72)98-81-60-80-76(59-77(81)91-75-54-29-31-56-79(75)97(70-49-26-9-27-50-70)89-87(91)84(98)61-85(92-89)94(66-41-18-5-19-42-66)67-43-20-6-21-44-67)90-74-53-28-30-55-78(74)95(68-45-22-7-23-46-68)82-57-71(58-83(86(82)90)96(80)69-47-24-8-25-48-69)93(64-37-14-3-15-38-64)65-39-16-4-17-40-65/h1-61H. The van der Waals surface area contributed by atoms with Crippen LogP contribution in [-0.4, -0.2) is 18.4 Å². The molecule has 0 spiro atoms. The summed E-state index contributed by atoms with van der Waals surface area (Å²) in [5, 5.41) is 0. The first-order chi connectivity index (χ1) is 48.7. The normalized spacial score (nSPS) is 12.8. The van der Waals surface area contributed by atoms with E-state index in [1.807, 2.05) is 0 Å². The molecular formula is C89H61B2N7. The van der Waals surface area contributed by atoms with Gasteiger partial charge < -0.3 is 19.6 Å². The third kappa shape index (κ3) is 9.19. The van der Waals surface area contributed by atoms with E-state index in [2.05, 4.69) is 399 Å². The van der Waals surface area contributed by atoms with E-state index in [9.17, 15) is 0 Å². The molecule has 0 N–H and O–H groups in total. The fourth-order valence-corrected chi connectivity index (χ4v) is 15.9. The van der Waals surface area contributed by atoms with E-state index in [1.54, 1.807) is 0 Å². The molecular weight excluding hydrogens is 1190 g/mol. The summed E-state index contributed by atoms with van der Waals surface area (Å²) < 4.78 is 0. The lowest BCUT2D eigenvalue weighted by Crippen LogP contribution is -2.65. The number of hydrogen-bond donors (Lipinski definition) is 0. The topological polar surface area (TPSA) is 32.3 Å². The van der Waals surface area contributed by atoms with Crippen molar-refractivity contribution in [2.24, 2.45) is 0 Å². The lowest BCUT2D eigenvalue weighted by molar-refractivity contribution is 1.13. The van der Waals surface area contributed by atoms with Crippen molar-refractivity contribution < 1.29 is 0 Å². The van der Waals surface area contributed by atoms with Gasteiger partial charge in [-0.05, 0) is 159 Å². The van der Waals surface area contributed by atoms with Gasteiger partial charge in [-0.1, -0.05) is 249 Å². The molecule has 15 aromatic rings. The molecule has 458 valence electrons. The molecule has 9 heteroatoms. The average Bonchev–Trinajstić information content (AvgIpc) is 0.683. The summed E-state index contributed by atoms with van der Waals surface area (Å²) in [6.45, 7) is -0.512. The highest BCUT2D eigenvalue weighted by Crippen LogP contribution is 2.54. The molecule has 0 saturated carbocycles. The highest BCUT2D eigenvalue weighted by atomic mass is 15.3. The van der Waals surface area contributed by atoms with Crippen molar-refractivity contribution in [1.29, 1.82) is 0 Å². The number of fused-ring (bicyclic) bond motifs is 8. The number of nitrogens with zero attached hydrogens (tertiary/aromatic N) is 7. The van der Waals surface area contributed by atoms with Crippen LogP contribution in [0.15, 0.2) is 370 Å². The number of benzene rings is 14. The van der Waals surface area contributed by atoms with Crippen molar-refractivity contribution in [3.8, 4) is 22.3 Å². The van der Waals surface area contributed by atoms with Crippen LogP contribution in [0.4, 0.5) is 103 Å². The lowest BCUT2D eigenvalue weighted by atomic mass is 9.30. The van der Waals surface area contributed by atoms with Crippen molar-refractivity contribution in [3.05, 3.63) is 370 Å². The van der Waals surface area contributed by atoms with E-state index in [1.165, 1.54) is 27.3 Å². The number of anilines is 18. The Kier molecular flexibility index (Phi) is 13.6. The molecule has 4 aliphatic heterocycles. The smallest absolute Gasteiger partial charge is 0.254 e. The summed E-state index contributed by atoms with van der Waals surface area (Å²) in [6, 6.07) is 136. The van der Waals surface area contributed by atoms with Gasteiger partial charge in [0.15, 0.2) is 0 Å².